The van der Waals surface area contributed by atoms with E-state index in [1.54, 1.807) is 30.3 Å². The van der Waals surface area contributed by atoms with Crippen molar-refractivity contribution in [3.8, 4) is 11.1 Å². The average Bonchev–Trinajstić information content (AvgIpc) is 2.72. The van der Waals surface area contributed by atoms with Gasteiger partial charge in [-0.3, -0.25) is 9.78 Å². The molecule has 4 heteroatoms. The van der Waals surface area contributed by atoms with E-state index in [2.05, 4.69) is 4.98 Å². The number of fused-ring (bicyclic) bond motifs is 1. The van der Waals surface area contributed by atoms with Gasteiger partial charge in [0.05, 0.1) is 11.1 Å². The van der Waals surface area contributed by atoms with Crippen LogP contribution in [0.5, 0.6) is 0 Å². The molecule has 0 amide bonds. The van der Waals surface area contributed by atoms with Gasteiger partial charge in [-0.25, -0.2) is 4.39 Å². The fraction of sp³-hybridized carbons (Fsp3) is 0.0400. The summed E-state index contributed by atoms with van der Waals surface area (Å²) < 4.78 is 13.4. The van der Waals surface area contributed by atoms with E-state index >= 15 is 0 Å². The number of rotatable bonds is 4. The Hall–Kier alpha value is -3.30. The van der Waals surface area contributed by atoms with Gasteiger partial charge in [-0.1, -0.05) is 60.1 Å². The molecule has 0 atom stereocenters. The number of hydrogen-bond donors (Lipinski definition) is 0. The van der Waals surface area contributed by atoms with E-state index in [1.807, 2.05) is 43.3 Å². The lowest BCUT2D eigenvalue weighted by molar-refractivity contribution is 0.104. The molecule has 3 aromatic carbocycles. The standard InChI is InChI=1S/C25H17ClFNO/c1-16-24(23(29)14-9-17-5-4-6-20(27)15-17)25(18-10-12-19(26)13-11-18)21-7-2-3-8-22(21)28-16/h2-15H,1H3/b14-9+. The number of halogens is 2. The number of allylic oxidation sites excluding steroid dienone is 1. The molecule has 0 saturated carbocycles. The second-order valence-electron chi connectivity index (χ2n) is 6.72. The summed E-state index contributed by atoms with van der Waals surface area (Å²) in [5.41, 5.74) is 4.32. The monoisotopic (exact) mass is 401 g/mol. The van der Waals surface area contributed by atoms with Crippen molar-refractivity contribution >= 4 is 34.4 Å². The molecule has 0 N–H and O–H groups in total. The van der Waals surface area contributed by atoms with Crippen LogP contribution in [-0.4, -0.2) is 10.8 Å². The molecule has 4 rings (SSSR count). The van der Waals surface area contributed by atoms with Gasteiger partial charge in [0.15, 0.2) is 5.78 Å². The molecule has 2 nitrogen and oxygen atoms in total. The van der Waals surface area contributed by atoms with Crippen LogP contribution >= 0.6 is 11.6 Å². The molecule has 1 aromatic heterocycles. The molecular formula is C25H17ClFNO. The Kier molecular flexibility index (Phi) is 5.24. The van der Waals surface area contributed by atoms with Crippen molar-refractivity contribution in [1.82, 2.24) is 4.98 Å². The minimum Gasteiger partial charge on any atom is -0.289 e. The number of para-hydroxylation sites is 1. The second-order valence-corrected chi connectivity index (χ2v) is 7.16. The predicted octanol–water partition coefficient (Wildman–Crippen LogP) is 6.90. The molecule has 0 fully saturated rings. The lowest BCUT2D eigenvalue weighted by Crippen LogP contribution is -2.05. The van der Waals surface area contributed by atoms with Gasteiger partial charge in [0.1, 0.15) is 5.82 Å². The van der Waals surface area contributed by atoms with Crippen LogP contribution in [0.2, 0.25) is 5.02 Å². The van der Waals surface area contributed by atoms with E-state index in [0.29, 0.717) is 21.8 Å². The molecular weight excluding hydrogens is 385 g/mol. The van der Waals surface area contributed by atoms with Crippen LogP contribution in [0.25, 0.3) is 28.1 Å². The number of ketones is 1. The van der Waals surface area contributed by atoms with E-state index in [1.165, 1.54) is 18.2 Å². The molecule has 0 aliphatic heterocycles. The maximum absolute atomic E-state index is 13.4. The first kappa shape index (κ1) is 19.0. The maximum atomic E-state index is 13.4. The van der Waals surface area contributed by atoms with Gasteiger partial charge in [0.25, 0.3) is 0 Å². The third-order valence-corrected chi connectivity index (χ3v) is 4.98. The van der Waals surface area contributed by atoms with Gasteiger partial charge in [0, 0.05) is 21.7 Å². The molecule has 0 aliphatic rings. The smallest absolute Gasteiger partial charge is 0.188 e. The van der Waals surface area contributed by atoms with Gasteiger partial charge < -0.3 is 0 Å². The number of aryl methyl sites for hydroxylation is 1. The molecule has 0 bridgehead atoms. The van der Waals surface area contributed by atoms with Crippen molar-refractivity contribution in [2.24, 2.45) is 0 Å². The van der Waals surface area contributed by atoms with E-state index < -0.39 is 0 Å². The summed E-state index contributed by atoms with van der Waals surface area (Å²) in [6, 6.07) is 21.3. The zero-order valence-corrected chi connectivity index (χ0v) is 16.5. The van der Waals surface area contributed by atoms with Gasteiger partial charge in [-0.05, 0) is 54.5 Å². The minimum atomic E-state index is -0.343. The third-order valence-electron chi connectivity index (χ3n) is 4.73. The second kappa shape index (κ2) is 7.98. The van der Waals surface area contributed by atoms with Gasteiger partial charge in [0.2, 0.25) is 0 Å². The fourth-order valence-corrected chi connectivity index (χ4v) is 3.54. The molecule has 0 spiro atoms. The SMILES string of the molecule is Cc1nc2ccccc2c(-c2ccc(Cl)cc2)c1C(=O)/C=C/c1cccc(F)c1. The summed E-state index contributed by atoms with van der Waals surface area (Å²) in [5, 5.41) is 1.52. The summed E-state index contributed by atoms with van der Waals surface area (Å²) in [5.74, 6) is -0.528. The van der Waals surface area contributed by atoms with Crippen molar-refractivity contribution in [2.75, 3.05) is 0 Å². The normalized spacial score (nSPS) is 11.3. The highest BCUT2D eigenvalue weighted by Crippen LogP contribution is 2.34. The highest BCUT2D eigenvalue weighted by molar-refractivity contribution is 6.30. The molecule has 0 saturated heterocycles. The van der Waals surface area contributed by atoms with Crippen LogP contribution in [0.1, 0.15) is 21.6 Å². The van der Waals surface area contributed by atoms with Crippen LogP contribution in [0.15, 0.2) is 78.9 Å². The number of nitrogens with zero attached hydrogens (tertiary/aromatic N) is 1. The summed E-state index contributed by atoms with van der Waals surface area (Å²) in [6.07, 6.45) is 3.08. The van der Waals surface area contributed by atoms with E-state index in [0.717, 1.165) is 22.0 Å². The zero-order valence-electron chi connectivity index (χ0n) is 15.7. The number of hydrogen-bond acceptors (Lipinski definition) is 2. The average molecular weight is 402 g/mol. The third kappa shape index (κ3) is 3.96. The van der Waals surface area contributed by atoms with Crippen molar-refractivity contribution in [3.63, 3.8) is 0 Å². The Morgan fingerprint density at radius 3 is 2.52 bits per heavy atom. The van der Waals surface area contributed by atoms with Crippen molar-refractivity contribution in [1.29, 1.82) is 0 Å². The molecule has 0 unspecified atom stereocenters. The summed E-state index contributed by atoms with van der Waals surface area (Å²) >= 11 is 6.06. The summed E-state index contributed by atoms with van der Waals surface area (Å²) in [4.78, 5) is 17.8. The molecule has 0 aliphatic carbocycles. The number of carbonyl (C=O) groups excluding carboxylic acids is 1. The Balaban J connectivity index is 1.89. The van der Waals surface area contributed by atoms with Crippen LogP contribution < -0.4 is 0 Å². The Labute approximate surface area is 173 Å². The zero-order chi connectivity index (χ0) is 20.4. The molecule has 0 radical (unpaired) electrons. The highest BCUT2D eigenvalue weighted by atomic mass is 35.5. The number of benzene rings is 3. The van der Waals surface area contributed by atoms with Crippen molar-refractivity contribution in [3.05, 3.63) is 107 Å². The van der Waals surface area contributed by atoms with Gasteiger partial charge >= 0.3 is 0 Å². The number of carbonyl (C=O) groups is 1. The first-order chi connectivity index (χ1) is 14.0. The first-order valence-corrected chi connectivity index (χ1v) is 9.54. The fourth-order valence-electron chi connectivity index (χ4n) is 3.42. The van der Waals surface area contributed by atoms with Gasteiger partial charge in [-0.2, -0.15) is 0 Å². The van der Waals surface area contributed by atoms with E-state index in [4.69, 9.17) is 11.6 Å². The first-order valence-electron chi connectivity index (χ1n) is 9.16. The summed E-state index contributed by atoms with van der Waals surface area (Å²) in [6.45, 7) is 1.83. The van der Waals surface area contributed by atoms with Crippen LogP contribution in [-0.2, 0) is 0 Å². The summed E-state index contributed by atoms with van der Waals surface area (Å²) in [7, 11) is 0. The topological polar surface area (TPSA) is 30.0 Å². The Morgan fingerprint density at radius 1 is 1.00 bits per heavy atom. The van der Waals surface area contributed by atoms with E-state index in [-0.39, 0.29) is 11.6 Å². The lowest BCUT2D eigenvalue weighted by atomic mass is 9.92. The van der Waals surface area contributed by atoms with Crippen molar-refractivity contribution < 1.29 is 9.18 Å². The lowest BCUT2D eigenvalue weighted by Gasteiger charge is -2.14. The molecule has 1 heterocycles. The van der Waals surface area contributed by atoms with Crippen LogP contribution in [0, 0.1) is 12.7 Å². The molecule has 142 valence electrons. The van der Waals surface area contributed by atoms with Crippen molar-refractivity contribution in [2.45, 2.75) is 6.92 Å². The number of aromatic nitrogens is 1. The highest BCUT2D eigenvalue weighted by Gasteiger charge is 2.18. The largest absolute Gasteiger partial charge is 0.289 e. The van der Waals surface area contributed by atoms with Crippen LogP contribution in [0.3, 0.4) is 0 Å². The Morgan fingerprint density at radius 2 is 1.76 bits per heavy atom. The maximum Gasteiger partial charge on any atom is 0.188 e. The van der Waals surface area contributed by atoms with Gasteiger partial charge in [-0.15, -0.1) is 0 Å². The van der Waals surface area contributed by atoms with Crippen LogP contribution in [0.4, 0.5) is 4.39 Å². The quantitative estimate of drug-likeness (QED) is 0.275. The van der Waals surface area contributed by atoms with E-state index in [9.17, 15) is 9.18 Å². The minimum absolute atomic E-state index is 0.185. The predicted molar refractivity (Wildman–Crippen MR) is 117 cm³/mol. The molecule has 29 heavy (non-hydrogen) atoms. The number of pyridine rings is 1. The Bertz CT molecular complexity index is 1250. The molecule has 4 aromatic rings.